The molecule has 0 saturated heterocycles. The highest BCUT2D eigenvalue weighted by atomic mass is 19.1. The number of aromatic nitrogens is 2. The molecule has 1 aromatic heterocycles. The number of nitrogens with zero attached hydrogens (tertiary/aromatic N) is 3. The first kappa shape index (κ1) is 18.9. The average Bonchev–Trinajstić information content (AvgIpc) is 2.85. The molecular weight excluding hydrogens is 330 g/mol. The van der Waals surface area contributed by atoms with Gasteiger partial charge in [0.2, 0.25) is 0 Å². The van der Waals surface area contributed by atoms with Crippen LogP contribution in [0, 0.1) is 18.6 Å². The zero-order chi connectivity index (χ0) is 18.6. The Balaban J connectivity index is 2.24. The van der Waals surface area contributed by atoms with Crippen molar-refractivity contribution in [3.8, 4) is 0 Å². The molecular formula is C17H22F2N4O2. The first-order chi connectivity index (χ1) is 11.8. The van der Waals surface area contributed by atoms with E-state index in [-0.39, 0.29) is 24.8 Å². The van der Waals surface area contributed by atoms with Gasteiger partial charge in [-0.05, 0) is 32.0 Å². The fraction of sp³-hybridized carbons (Fsp3) is 0.412. The summed E-state index contributed by atoms with van der Waals surface area (Å²) in [5.74, 6) is -0.615. The molecule has 2 aromatic rings. The predicted molar refractivity (Wildman–Crippen MR) is 90.2 cm³/mol. The zero-order valence-corrected chi connectivity index (χ0v) is 14.7. The van der Waals surface area contributed by atoms with Crippen molar-refractivity contribution in [3.05, 3.63) is 47.2 Å². The summed E-state index contributed by atoms with van der Waals surface area (Å²) in [4.78, 5) is 14.1. The molecule has 1 N–H and O–H groups in total. The molecule has 0 saturated carbocycles. The van der Waals surface area contributed by atoms with E-state index in [4.69, 9.17) is 4.74 Å². The molecule has 136 valence electrons. The lowest BCUT2D eigenvalue weighted by atomic mass is 10.1. The highest BCUT2D eigenvalue weighted by Gasteiger charge is 2.23. The third-order valence-electron chi connectivity index (χ3n) is 3.79. The second-order valence-electron chi connectivity index (χ2n) is 5.89. The molecule has 0 bridgehead atoms. The Morgan fingerprint density at radius 2 is 2.12 bits per heavy atom. The van der Waals surface area contributed by atoms with Crippen molar-refractivity contribution in [3.63, 3.8) is 0 Å². The van der Waals surface area contributed by atoms with E-state index >= 15 is 0 Å². The molecule has 0 spiro atoms. The predicted octanol–water partition coefficient (Wildman–Crippen LogP) is 3.08. The Kier molecular flexibility index (Phi) is 6.08. The number of hydrogen-bond donors (Lipinski definition) is 1. The van der Waals surface area contributed by atoms with Gasteiger partial charge in [-0.15, -0.1) is 0 Å². The number of nitrogens with one attached hydrogen (secondary N) is 1. The van der Waals surface area contributed by atoms with Crippen LogP contribution >= 0.6 is 0 Å². The lowest BCUT2D eigenvalue weighted by molar-refractivity contribution is 0.112. The Bertz CT molecular complexity index is 748. The minimum Gasteiger partial charge on any atom is -0.383 e. The Morgan fingerprint density at radius 1 is 1.40 bits per heavy atom. The number of urea groups is 1. The minimum atomic E-state index is -0.569. The van der Waals surface area contributed by atoms with Gasteiger partial charge in [-0.25, -0.2) is 13.6 Å². The molecule has 0 aliphatic heterocycles. The van der Waals surface area contributed by atoms with E-state index in [1.165, 1.54) is 16.7 Å². The summed E-state index contributed by atoms with van der Waals surface area (Å²) in [5.41, 5.74) is 0.852. The van der Waals surface area contributed by atoms with Crippen molar-refractivity contribution in [1.82, 2.24) is 14.7 Å². The third kappa shape index (κ3) is 4.76. The van der Waals surface area contributed by atoms with E-state index in [9.17, 15) is 13.6 Å². The molecule has 0 aliphatic carbocycles. The second-order valence-corrected chi connectivity index (χ2v) is 5.89. The topological polar surface area (TPSA) is 59.4 Å². The van der Waals surface area contributed by atoms with Crippen LogP contribution in [0.5, 0.6) is 0 Å². The molecule has 1 atom stereocenters. The van der Waals surface area contributed by atoms with Gasteiger partial charge in [-0.1, -0.05) is 0 Å². The lowest BCUT2D eigenvalue weighted by Crippen LogP contribution is -2.43. The van der Waals surface area contributed by atoms with Crippen LogP contribution in [0.25, 0.3) is 0 Å². The number of hydrogen-bond acceptors (Lipinski definition) is 3. The fourth-order valence-electron chi connectivity index (χ4n) is 2.52. The van der Waals surface area contributed by atoms with Gasteiger partial charge in [0.15, 0.2) is 0 Å². The maximum absolute atomic E-state index is 14.0. The van der Waals surface area contributed by atoms with Crippen molar-refractivity contribution in [1.29, 1.82) is 0 Å². The van der Waals surface area contributed by atoms with Gasteiger partial charge in [-0.3, -0.25) is 10.00 Å². The molecule has 2 rings (SSSR count). The average molecular weight is 352 g/mol. The number of carbonyl (C=O) groups excluding carboxylic acids is 1. The van der Waals surface area contributed by atoms with Gasteiger partial charge in [0, 0.05) is 25.8 Å². The van der Waals surface area contributed by atoms with E-state index in [1.54, 1.807) is 20.0 Å². The van der Waals surface area contributed by atoms with Crippen molar-refractivity contribution in [2.24, 2.45) is 7.05 Å². The van der Waals surface area contributed by atoms with Gasteiger partial charge in [-0.2, -0.15) is 5.10 Å². The summed E-state index contributed by atoms with van der Waals surface area (Å²) in [5, 5.41) is 6.90. The molecule has 0 unspecified atom stereocenters. The van der Waals surface area contributed by atoms with Crippen LogP contribution in [0.2, 0.25) is 0 Å². The molecule has 1 aromatic carbocycles. The van der Waals surface area contributed by atoms with Crippen LogP contribution in [0.4, 0.5) is 19.4 Å². The third-order valence-corrected chi connectivity index (χ3v) is 3.79. The summed E-state index contributed by atoms with van der Waals surface area (Å²) in [6.45, 7) is 3.75. The number of benzene rings is 1. The largest absolute Gasteiger partial charge is 0.383 e. The van der Waals surface area contributed by atoms with Crippen molar-refractivity contribution >= 4 is 11.8 Å². The summed E-state index contributed by atoms with van der Waals surface area (Å²) in [6, 6.07) is 4.11. The van der Waals surface area contributed by atoms with Crippen LogP contribution < -0.4 is 5.32 Å². The SMILES string of the molecule is COC[C@@H](C)N(Cc1cc(F)ccc1F)C(=O)Nc1cc(C)nn1C. The minimum absolute atomic E-state index is 0.0865. The quantitative estimate of drug-likeness (QED) is 0.869. The normalized spacial score (nSPS) is 12.1. The fourth-order valence-corrected chi connectivity index (χ4v) is 2.52. The monoisotopic (exact) mass is 352 g/mol. The van der Waals surface area contributed by atoms with Crippen LogP contribution in [-0.2, 0) is 18.3 Å². The van der Waals surface area contributed by atoms with Gasteiger partial charge < -0.3 is 9.64 Å². The zero-order valence-electron chi connectivity index (χ0n) is 14.7. The number of halogens is 2. The first-order valence-corrected chi connectivity index (χ1v) is 7.83. The first-order valence-electron chi connectivity index (χ1n) is 7.83. The number of rotatable bonds is 6. The molecule has 0 fully saturated rings. The van der Waals surface area contributed by atoms with Crippen molar-refractivity contribution in [2.45, 2.75) is 26.4 Å². The van der Waals surface area contributed by atoms with E-state index in [1.807, 2.05) is 6.92 Å². The molecule has 0 aliphatic rings. The molecule has 8 heteroatoms. The number of carbonyl (C=O) groups is 1. The second kappa shape index (κ2) is 8.06. The molecule has 6 nitrogen and oxygen atoms in total. The van der Waals surface area contributed by atoms with Crippen LogP contribution in [-0.4, -0.2) is 40.5 Å². The molecule has 25 heavy (non-hydrogen) atoms. The van der Waals surface area contributed by atoms with Crippen molar-refractivity contribution in [2.75, 3.05) is 19.0 Å². The van der Waals surface area contributed by atoms with Gasteiger partial charge in [0.1, 0.15) is 17.5 Å². The smallest absolute Gasteiger partial charge is 0.323 e. The summed E-state index contributed by atoms with van der Waals surface area (Å²) in [6.07, 6.45) is 0. The van der Waals surface area contributed by atoms with E-state index in [0.717, 1.165) is 23.9 Å². The number of ether oxygens (including phenoxy) is 1. The Hall–Kier alpha value is -2.48. The Labute approximate surface area is 145 Å². The highest BCUT2D eigenvalue weighted by molar-refractivity contribution is 5.88. The summed E-state index contributed by atoms with van der Waals surface area (Å²) >= 11 is 0. The molecule has 2 amide bonds. The van der Waals surface area contributed by atoms with E-state index in [0.29, 0.717) is 5.82 Å². The lowest BCUT2D eigenvalue weighted by Gasteiger charge is -2.29. The van der Waals surface area contributed by atoms with Crippen molar-refractivity contribution < 1.29 is 18.3 Å². The van der Waals surface area contributed by atoms with E-state index < -0.39 is 17.7 Å². The van der Waals surface area contributed by atoms with Gasteiger partial charge >= 0.3 is 6.03 Å². The maximum Gasteiger partial charge on any atom is 0.323 e. The van der Waals surface area contributed by atoms with Gasteiger partial charge in [0.05, 0.1) is 24.9 Å². The number of aryl methyl sites for hydroxylation is 2. The molecule has 0 radical (unpaired) electrons. The number of amides is 2. The van der Waals surface area contributed by atoms with E-state index in [2.05, 4.69) is 10.4 Å². The summed E-state index contributed by atoms with van der Waals surface area (Å²) in [7, 11) is 3.22. The number of methoxy groups -OCH3 is 1. The maximum atomic E-state index is 14.0. The van der Waals surface area contributed by atoms with Crippen LogP contribution in [0.15, 0.2) is 24.3 Å². The van der Waals surface area contributed by atoms with Crippen LogP contribution in [0.1, 0.15) is 18.2 Å². The van der Waals surface area contributed by atoms with Gasteiger partial charge in [0.25, 0.3) is 0 Å². The molecule has 1 heterocycles. The Morgan fingerprint density at radius 3 is 2.72 bits per heavy atom. The van der Waals surface area contributed by atoms with Crippen LogP contribution in [0.3, 0.4) is 0 Å². The highest BCUT2D eigenvalue weighted by Crippen LogP contribution is 2.17. The standard InChI is InChI=1S/C17H22F2N4O2/c1-11-7-16(22(3)21-11)20-17(24)23(12(2)10-25-4)9-13-8-14(18)5-6-15(13)19/h5-8,12H,9-10H2,1-4H3,(H,20,24)/t12-/m1/s1. The summed E-state index contributed by atoms with van der Waals surface area (Å²) < 4.78 is 34.0. The number of anilines is 1.